The first-order valence-corrected chi connectivity index (χ1v) is 7.13. The lowest BCUT2D eigenvalue weighted by atomic mass is 10.3. The van der Waals surface area contributed by atoms with Crippen LogP contribution in [0.4, 0.5) is 0 Å². The molecule has 0 saturated carbocycles. The van der Waals surface area contributed by atoms with E-state index in [9.17, 15) is 0 Å². The van der Waals surface area contributed by atoms with Crippen LogP contribution in [0.2, 0.25) is 4.34 Å². The summed E-state index contributed by atoms with van der Waals surface area (Å²) >= 11 is 7.47. The molecule has 0 radical (unpaired) electrons. The molecule has 0 amide bonds. The fourth-order valence-electron chi connectivity index (χ4n) is 1.51. The highest BCUT2D eigenvalue weighted by atomic mass is 35.5. The molecule has 0 aliphatic carbocycles. The van der Waals surface area contributed by atoms with Crippen LogP contribution in [0, 0.1) is 0 Å². The van der Waals surface area contributed by atoms with Crippen molar-refractivity contribution in [3.8, 4) is 0 Å². The van der Waals surface area contributed by atoms with Gasteiger partial charge in [0.15, 0.2) is 5.82 Å². The van der Waals surface area contributed by atoms with Gasteiger partial charge < -0.3 is 14.6 Å². The smallest absolute Gasteiger partial charge is 0.240 e. The lowest BCUT2D eigenvalue weighted by Gasteiger charge is -2.09. The normalized spacial score (nSPS) is 14.5. The van der Waals surface area contributed by atoms with Crippen LogP contribution in [0.3, 0.4) is 0 Å². The van der Waals surface area contributed by atoms with Crippen LogP contribution in [0.5, 0.6) is 0 Å². The van der Waals surface area contributed by atoms with E-state index in [2.05, 4.69) is 22.4 Å². The van der Waals surface area contributed by atoms with E-state index in [-0.39, 0.29) is 12.1 Å². The molecule has 2 atom stereocenters. The van der Waals surface area contributed by atoms with Gasteiger partial charge in [-0.3, -0.25) is 0 Å². The maximum Gasteiger partial charge on any atom is 0.240 e. The summed E-state index contributed by atoms with van der Waals surface area (Å²) in [5.41, 5.74) is 0. The van der Waals surface area contributed by atoms with Crippen LogP contribution in [-0.2, 0) is 11.3 Å². The Morgan fingerprint density at radius 2 is 2.26 bits per heavy atom. The van der Waals surface area contributed by atoms with Gasteiger partial charge in [-0.15, -0.1) is 11.3 Å². The van der Waals surface area contributed by atoms with Gasteiger partial charge in [0, 0.05) is 18.0 Å². The molecule has 2 unspecified atom stereocenters. The topological polar surface area (TPSA) is 60.2 Å². The fourth-order valence-corrected chi connectivity index (χ4v) is 2.60. The maximum absolute atomic E-state index is 5.91. The van der Waals surface area contributed by atoms with E-state index >= 15 is 0 Å². The summed E-state index contributed by atoms with van der Waals surface area (Å²) < 4.78 is 11.1. The summed E-state index contributed by atoms with van der Waals surface area (Å²) in [6.45, 7) is 4.45. The summed E-state index contributed by atoms with van der Waals surface area (Å²) in [4.78, 5) is 5.44. The minimum absolute atomic E-state index is 0.161. The summed E-state index contributed by atoms with van der Waals surface area (Å²) in [6.07, 6.45) is -0.161. The Balaban J connectivity index is 1.90. The van der Waals surface area contributed by atoms with Gasteiger partial charge in [-0.2, -0.15) is 4.98 Å². The number of hydrogen-bond donors (Lipinski definition) is 1. The number of methoxy groups -OCH3 is 1. The molecule has 0 fully saturated rings. The van der Waals surface area contributed by atoms with Gasteiger partial charge in [-0.25, -0.2) is 0 Å². The predicted molar refractivity (Wildman–Crippen MR) is 74.3 cm³/mol. The molecule has 0 spiro atoms. The van der Waals surface area contributed by atoms with Gasteiger partial charge in [0.25, 0.3) is 0 Å². The van der Waals surface area contributed by atoms with E-state index in [0.29, 0.717) is 18.3 Å². The Hall–Kier alpha value is -0.950. The van der Waals surface area contributed by atoms with Gasteiger partial charge >= 0.3 is 0 Å². The zero-order valence-electron chi connectivity index (χ0n) is 11.0. The quantitative estimate of drug-likeness (QED) is 0.886. The van der Waals surface area contributed by atoms with Crippen LogP contribution in [-0.4, -0.2) is 17.3 Å². The molecule has 1 N–H and O–H groups in total. The summed E-state index contributed by atoms with van der Waals surface area (Å²) in [7, 11) is 1.61. The number of rotatable bonds is 6. The van der Waals surface area contributed by atoms with E-state index in [1.54, 1.807) is 18.4 Å². The third-order valence-electron chi connectivity index (χ3n) is 2.78. The van der Waals surface area contributed by atoms with Crippen LogP contribution in [0.1, 0.15) is 42.6 Å². The van der Waals surface area contributed by atoms with Crippen LogP contribution >= 0.6 is 22.9 Å². The minimum Gasteiger partial charge on any atom is -0.374 e. The molecule has 0 saturated heterocycles. The van der Waals surface area contributed by atoms with Crippen molar-refractivity contribution in [1.82, 2.24) is 15.5 Å². The second-order valence-electron chi connectivity index (χ2n) is 4.17. The number of aromatic nitrogens is 2. The zero-order chi connectivity index (χ0) is 13.8. The molecule has 0 aliphatic heterocycles. The Morgan fingerprint density at radius 3 is 2.89 bits per heavy atom. The largest absolute Gasteiger partial charge is 0.374 e. The molecule has 2 aromatic heterocycles. The van der Waals surface area contributed by atoms with Crippen LogP contribution in [0.25, 0.3) is 0 Å². The van der Waals surface area contributed by atoms with Crippen molar-refractivity contribution in [2.24, 2.45) is 0 Å². The predicted octanol–water partition coefficient (Wildman–Crippen LogP) is 3.34. The van der Waals surface area contributed by atoms with Crippen molar-refractivity contribution in [1.29, 1.82) is 0 Å². The standard InChI is InChI=1S/C12H16ClN3O2S/c1-7(9-4-5-10(13)19-9)14-6-11-15-12(16-18-11)8(2)17-3/h4-5,7-8,14H,6H2,1-3H3. The molecule has 2 heterocycles. The minimum atomic E-state index is -0.161. The van der Waals surface area contributed by atoms with Gasteiger partial charge in [0.1, 0.15) is 6.10 Å². The first-order chi connectivity index (χ1) is 9.10. The molecule has 2 rings (SSSR count). The van der Waals surface area contributed by atoms with E-state index < -0.39 is 0 Å². The van der Waals surface area contributed by atoms with Crippen molar-refractivity contribution in [3.63, 3.8) is 0 Å². The van der Waals surface area contributed by atoms with Gasteiger partial charge in [-0.05, 0) is 26.0 Å². The highest BCUT2D eigenvalue weighted by Gasteiger charge is 2.14. The first-order valence-electron chi connectivity index (χ1n) is 5.94. The van der Waals surface area contributed by atoms with Crippen molar-refractivity contribution in [3.05, 3.63) is 33.1 Å². The Kier molecular flexibility index (Phi) is 4.93. The number of nitrogens with zero attached hydrogens (tertiary/aromatic N) is 2. The number of hydrogen-bond acceptors (Lipinski definition) is 6. The third kappa shape index (κ3) is 3.76. The molecule has 7 heteroatoms. The monoisotopic (exact) mass is 301 g/mol. The Bertz CT molecular complexity index is 529. The first kappa shape index (κ1) is 14.5. The molecule has 19 heavy (non-hydrogen) atoms. The van der Waals surface area contributed by atoms with Crippen LogP contribution < -0.4 is 5.32 Å². The molecular formula is C12H16ClN3O2S. The summed E-state index contributed by atoms with van der Waals surface area (Å²) in [5.74, 6) is 1.11. The molecular weight excluding hydrogens is 286 g/mol. The second kappa shape index (κ2) is 6.47. The molecule has 0 aromatic carbocycles. The highest BCUT2D eigenvalue weighted by Crippen LogP contribution is 2.26. The molecule has 2 aromatic rings. The average molecular weight is 302 g/mol. The van der Waals surface area contributed by atoms with Crippen molar-refractivity contribution < 1.29 is 9.26 Å². The van der Waals surface area contributed by atoms with Gasteiger partial charge in [0.05, 0.1) is 10.9 Å². The molecule has 5 nitrogen and oxygen atoms in total. The molecule has 0 aliphatic rings. The average Bonchev–Trinajstić information content (AvgIpc) is 3.04. The van der Waals surface area contributed by atoms with Crippen LogP contribution in [0.15, 0.2) is 16.7 Å². The molecule has 104 valence electrons. The third-order valence-corrected chi connectivity index (χ3v) is 4.20. The Labute approximate surface area is 120 Å². The summed E-state index contributed by atoms with van der Waals surface area (Å²) in [6, 6.07) is 4.09. The number of halogens is 1. The van der Waals surface area contributed by atoms with Crippen molar-refractivity contribution >= 4 is 22.9 Å². The molecule has 0 bridgehead atoms. The van der Waals surface area contributed by atoms with E-state index in [0.717, 1.165) is 4.34 Å². The number of nitrogens with one attached hydrogen (secondary N) is 1. The summed E-state index contributed by atoms with van der Waals surface area (Å²) in [5, 5.41) is 7.19. The lowest BCUT2D eigenvalue weighted by Crippen LogP contribution is -2.17. The SMILES string of the molecule is COC(C)c1noc(CNC(C)c2ccc(Cl)s2)n1. The van der Waals surface area contributed by atoms with Gasteiger partial charge in [-0.1, -0.05) is 16.8 Å². The zero-order valence-corrected chi connectivity index (χ0v) is 12.6. The number of thiophene rings is 1. The second-order valence-corrected chi connectivity index (χ2v) is 5.92. The number of ether oxygens (including phenoxy) is 1. The van der Waals surface area contributed by atoms with E-state index in [1.807, 2.05) is 19.1 Å². The van der Waals surface area contributed by atoms with E-state index in [4.69, 9.17) is 20.9 Å². The van der Waals surface area contributed by atoms with Crippen molar-refractivity contribution in [2.45, 2.75) is 32.5 Å². The van der Waals surface area contributed by atoms with Crippen molar-refractivity contribution in [2.75, 3.05) is 7.11 Å². The maximum atomic E-state index is 5.91. The fraction of sp³-hybridized carbons (Fsp3) is 0.500. The van der Waals surface area contributed by atoms with E-state index in [1.165, 1.54) is 4.88 Å². The lowest BCUT2D eigenvalue weighted by molar-refractivity contribution is 0.109. The van der Waals surface area contributed by atoms with Gasteiger partial charge in [0.2, 0.25) is 5.89 Å². The highest BCUT2D eigenvalue weighted by molar-refractivity contribution is 7.16. The Morgan fingerprint density at radius 1 is 1.47 bits per heavy atom.